The van der Waals surface area contributed by atoms with Gasteiger partial charge in [0.1, 0.15) is 8.07 Å². The zero-order valence-corrected chi connectivity index (χ0v) is 18.1. The van der Waals surface area contributed by atoms with Crippen molar-refractivity contribution in [3.8, 4) is 0 Å². The molecule has 3 rings (SSSR count). The van der Waals surface area contributed by atoms with Crippen LogP contribution in [0.5, 0.6) is 0 Å². The SMILES string of the molecule is C[Si](C)(C)C1=C(c2ccccc2)C(c2ccccc2)=C(C(=O)O)[Si]1(C)C. The summed E-state index contributed by atoms with van der Waals surface area (Å²) in [4.78, 5) is 13.9. The Morgan fingerprint density at radius 1 is 0.808 bits per heavy atom. The summed E-state index contributed by atoms with van der Waals surface area (Å²) in [6.07, 6.45) is 0. The van der Waals surface area contributed by atoms with Crippen LogP contribution in [0.15, 0.2) is 70.7 Å². The average Bonchev–Trinajstić information content (AvgIpc) is 2.84. The van der Waals surface area contributed by atoms with Crippen molar-refractivity contribution < 1.29 is 9.90 Å². The van der Waals surface area contributed by atoms with E-state index in [2.05, 4.69) is 44.9 Å². The van der Waals surface area contributed by atoms with Crippen LogP contribution in [0.2, 0.25) is 32.7 Å². The van der Waals surface area contributed by atoms with Crippen LogP contribution in [0.25, 0.3) is 11.1 Å². The average molecular weight is 379 g/mol. The van der Waals surface area contributed by atoms with E-state index in [0.717, 1.165) is 16.7 Å². The Bertz CT molecular complexity index is 902. The van der Waals surface area contributed by atoms with Crippen LogP contribution >= 0.6 is 0 Å². The largest absolute Gasteiger partial charge is 0.478 e. The fourth-order valence-electron chi connectivity index (χ4n) is 4.47. The number of hydrogen-bond acceptors (Lipinski definition) is 1. The molecular weight excluding hydrogens is 352 g/mol. The third-order valence-corrected chi connectivity index (χ3v) is 14.2. The van der Waals surface area contributed by atoms with E-state index in [1.807, 2.05) is 48.5 Å². The fraction of sp³-hybridized carbons (Fsp3) is 0.227. The molecule has 0 amide bonds. The second-order valence-corrected chi connectivity index (χ2v) is 18.2. The van der Waals surface area contributed by atoms with E-state index in [1.165, 1.54) is 10.4 Å². The lowest BCUT2D eigenvalue weighted by Gasteiger charge is -2.32. The topological polar surface area (TPSA) is 37.3 Å². The van der Waals surface area contributed by atoms with E-state index in [9.17, 15) is 9.90 Å². The lowest BCUT2D eigenvalue weighted by Crippen LogP contribution is -2.44. The number of carboxylic acid groups (broad SMARTS) is 1. The number of carboxylic acids is 1. The summed E-state index contributed by atoms with van der Waals surface area (Å²) >= 11 is 0. The lowest BCUT2D eigenvalue weighted by atomic mass is 9.93. The van der Waals surface area contributed by atoms with E-state index < -0.39 is 22.1 Å². The molecule has 134 valence electrons. The number of benzene rings is 2. The van der Waals surface area contributed by atoms with Gasteiger partial charge in [-0.25, -0.2) is 4.79 Å². The maximum Gasteiger partial charge on any atom is 0.328 e. The lowest BCUT2D eigenvalue weighted by molar-refractivity contribution is -0.131. The summed E-state index contributed by atoms with van der Waals surface area (Å²) in [6.45, 7) is 11.4. The first kappa shape index (κ1) is 18.6. The minimum absolute atomic E-state index is 0.653. The molecule has 0 aromatic heterocycles. The van der Waals surface area contributed by atoms with Gasteiger partial charge in [-0.1, -0.05) is 98.2 Å². The Labute approximate surface area is 157 Å². The summed E-state index contributed by atoms with van der Waals surface area (Å²) in [7, 11) is -4.00. The van der Waals surface area contributed by atoms with Gasteiger partial charge >= 0.3 is 5.97 Å². The van der Waals surface area contributed by atoms with Crippen LogP contribution in [0.1, 0.15) is 11.1 Å². The van der Waals surface area contributed by atoms with E-state index in [-0.39, 0.29) is 0 Å². The Kier molecular flexibility index (Phi) is 4.67. The van der Waals surface area contributed by atoms with Gasteiger partial charge in [-0.15, -0.1) is 0 Å². The fourth-order valence-corrected chi connectivity index (χ4v) is 15.9. The quantitative estimate of drug-likeness (QED) is 0.697. The molecule has 0 atom stereocenters. The number of carbonyl (C=O) groups is 1. The monoisotopic (exact) mass is 378 g/mol. The maximum absolute atomic E-state index is 12.4. The van der Waals surface area contributed by atoms with Crippen LogP contribution in [-0.2, 0) is 4.79 Å². The smallest absolute Gasteiger partial charge is 0.328 e. The van der Waals surface area contributed by atoms with Gasteiger partial charge in [-0.2, -0.15) is 0 Å². The first-order valence-electron chi connectivity index (χ1n) is 9.00. The molecule has 1 aliphatic rings. The third kappa shape index (κ3) is 3.04. The molecule has 0 unspecified atom stereocenters. The highest BCUT2D eigenvalue weighted by atomic mass is 28.4. The predicted octanol–water partition coefficient (Wildman–Crippen LogP) is 5.66. The van der Waals surface area contributed by atoms with Gasteiger partial charge in [0.05, 0.1) is 8.07 Å². The summed E-state index contributed by atoms with van der Waals surface area (Å²) in [5.74, 6) is -0.762. The van der Waals surface area contributed by atoms with E-state index in [1.54, 1.807) is 0 Å². The van der Waals surface area contributed by atoms with Gasteiger partial charge in [-0.05, 0) is 22.3 Å². The van der Waals surface area contributed by atoms with Gasteiger partial charge in [0, 0.05) is 5.20 Å². The molecule has 0 aliphatic carbocycles. The molecule has 1 aliphatic heterocycles. The molecule has 2 aromatic rings. The molecule has 2 nitrogen and oxygen atoms in total. The minimum atomic E-state index is -2.27. The highest BCUT2D eigenvalue weighted by molar-refractivity contribution is 7.12. The van der Waals surface area contributed by atoms with Crippen molar-refractivity contribution >= 4 is 33.3 Å². The van der Waals surface area contributed by atoms with E-state index >= 15 is 0 Å². The van der Waals surface area contributed by atoms with Gasteiger partial charge in [0.25, 0.3) is 0 Å². The molecule has 0 radical (unpaired) electrons. The summed E-state index contributed by atoms with van der Waals surface area (Å²) in [6, 6.07) is 20.4. The van der Waals surface area contributed by atoms with Gasteiger partial charge in [-0.3, -0.25) is 0 Å². The Morgan fingerprint density at radius 2 is 1.23 bits per heavy atom. The standard InChI is InChI=1S/C22H26O2Si2/c1-25(2,3)22-19(17-14-10-7-11-15-17)18(16-12-8-6-9-13-16)20(21(23)24)26(22,4)5/h6-15H,1-5H3,(H,23,24). The summed E-state index contributed by atoms with van der Waals surface area (Å²) in [5.41, 5.74) is 4.28. The molecular formula is C22H26O2Si2. The minimum Gasteiger partial charge on any atom is -0.478 e. The number of rotatable bonds is 4. The molecule has 0 spiro atoms. The van der Waals surface area contributed by atoms with Crippen molar-refractivity contribution in [2.45, 2.75) is 32.7 Å². The van der Waals surface area contributed by atoms with Crippen LogP contribution in [-0.4, -0.2) is 27.2 Å². The van der Waals surface area contributed by atoms with Crippen LogP contribution in [0.3, 0.4) is 0 Å². The molecule has 1 N–H and O–H groups in total. The second-order valence-electron chi connectivity index (χ2n) is 8.41. The van der Waals surface area contributed by atoms with E-state index in [4.69, 9.17) is 0 Å². The normalized spacial score (nSPS) is 17.0. The molecule has 2 aromatic carbocycles. The summed E-state index contributed by atoms with van der Waals surface area (Å²) in [5, 5.41) is 10.8. The molecule has 4 heteroatoms. The number of hydrogen-bond donors (Lipinski definition) is 1. The Hall–Kier alpha value is -2.18. The highest BCUT2D eigenvalue weighted by Gasteiger charge is 2.49. The van der Waals surface area contributed by atoms with Crippen molar-refractivity contribution in [2.75, 3.05) is 0 Å². The van der Waals surface area contributed by atoms with Gasteiger partial charge < -0.3 is 5.11 Å². The number of allylic oxidation sites excluding steroid dienone is 2. The van der Waals surface area contributed by atoms with Crippen molar-refractivity contribution in [1.29, 1.82) is 0 Å². The zero-order valence-electron chi connectivity index (χ0n) is 16.1. The van der Waals surface area contributed by atoms with Gasteiger partial charge in [0.15, 0.2) is 0 Å². The Morgan fingerprint density at radius 3 is 1.62 bits per heavy atom. The van der Waals surface area contributed by atoms with Crippen LogP contribution in [0.4, 0.5) is 0 Å². The van der Waals surface area contributed by atoms with E-state index in [0.29, 0.717) is 5.20 Å². The molecule has 1 heterocycles. The van der Waals surface area contributed by atoms with Crippen molar-refractivity contribution in [1.82, 2.24) is 0 Å². The van der Waals surface area contributed by atoms with Crippen LogP contribution in [0, 0.1) is 0 Å². The second kappa shape index (κ2) is 6.52. The molecule has 0 saturated heterocycles. The maximum atomic E-state index is 12.4. The van der Waals surface area contributed by atoms with Gasteiger partial charge in [0.2, 0.25) is 0 Å². The molecule has 0 saturated carbocycles. The zero-order chi connectivity index (χ0) is 19.1. The highest BCUT2D eigenvalue weighted by Crippen LogP contribution is 2.51. The third-order valence-electron chi connectivity index (χ3n) is 5.09. The first-order valence-corrected chi connectivity index (χ1v) is 15.5. The van der Waals surface area contributed by atoms with Crippen molar-refractivity contribution in [3.63, 3.8) is 0 Å². The van der Waals surface area contributed by atoms with Crippen LogP contribution < -0.4 is 0 Å². The first-order chi connectivity index (χ1) is 12.2. The van der Waals surface area contributed by atoms with Crippen molar-refractivity contribution in [3.05, 3.63) is 81.8 Å². The predicted molar refractivity (Wildman–Crippen MR) is 115 cm³/mol. The number of aliphatic carboxylic acids is 1. The molecule has 26 heavy (non-hydrogen) atoms. The van der Waals surface area contributed by atoms with Crippen molar-refractivity contribution in [2.24, 2.45) is 0 Å². The Balaban J connectivity index is 2.46. The molecule has 0 bridgehead atoms. The summed E-state index contributed by atoms with van der Waals surface area (Å²) < 4.78 is 0. The molecule has 0 fully saturated rings.